The fourth-order valence-electron chi connectivity index (χ4n) is 1.43. The van der Waals surface area contributed by atoms with Crippen LogP contribution in [0.25, 0.3) is 0 Å². The highest BCUT2D eigenvalue weighted by molar-refractivity contribution is 5.90. The third-order valence-corrected chi connectivity index (χ3v) is 2.16. The number of ether oxygens (including phenoxy) is 1. The Labute approximate surface area is 87.7 Å². The minimum absolute atomic E-state index is 0.133. The maximum Gasteiger partial charge on any atom is 0.336 e. The van der Waals surface area contributed by atoms with E-state index >= 15 is 0 Å². The lowest BCUT2D eigenvalue weighted by Crippen LogP contribution is -2.05. The van der Waals surface area contributed by atoms with Crippen LogP contribution in [0.1, 0.15) is 28.4 Å². The lowest BCUT2D eigenvalue weighted by Gasteiger charge is -2.08. The van der Waals surface area contributed by atoms with Crippen LogP contribution in [0.4, 0.5) is 0 Å². The van der Waals surface area contributed by atoms with E-state index in [1.807, 2.05) is 13.0 Å². The largest absolute Gasteiger partial charge is 0.497 e. The zero-order chi connectivity index (χ0) is 11.4. The van der Waals surface area contributed by atoms with E-state index in [9.17, 15) is 4.79 Å². The second-order valence-electron chi connectivity index (χ2n) is 2.97. The summed E-state index contributed by atoms with van der Waals surface area (Å²) in [6, 6.07) is 4.95. The van der Waals surface area contributed by atoms with Crippen LogP contribution < -0.4 is 4.74 Å². The van der Waals surface area contributed by atoms with Gasteiger partial charge < -0.3 is 9.84 Å². The van der Waals surface area contributed by atoms with E-state index in [0.717, 1.165) is 0 Å². The fourth-order valence-corrected chi connectivity index (χ4v) is 1.43. The monoisotopic (exact) mass is 205 g/mol. The van der Waals surface area contributed by atoms with Crippen LogP contribution in [0.15, 0.2) is 12.1 Å². The van der Waals surface area contributed by atoms with Crippen LogP contribution in [0.5, 0.6) is 5.75 Å². The van der Waals surface area contributed by atoms with Crippen LogP contribution in [-0.2, 0) is 6.42 Å². The molecule has 0 amide bonds. The first kappa shape index (κ1) is 11.1. The van der Waals surface area contributed by atoms with E-state index in [1.165, 1.54) is 13.2 Å². The number of hydrogen-bond acceptors (Lipinski definition) is 3. The van der Waals surface area contributed by atoms with Gasteiger partial charge in [-0.05, 0) is 24.1 Å². The second-order valence-corrected chi connectivity index (χ2v) is 2.97. The molecule has 4 nitrogen and oxygen atoms in total. The summed E-state index contributed by atoms with van der Waals surface area (Å²) in [5, 5.41) is 17.8. The van der Waals surface area contributed by atoms with E-state index in [-0.39, 0.29) is 5.56 Å². The Morgan fingerprint density at radius 3 is 2.67 bits per heavy atom. The zero-order valence-electron chi connectivity index (χ0n) is 8.57. The second kappa shape index (κ2) is 4.47. The normalized spacial score (nSPS) is 9.40. The van der Waals surface area contributed by atoms with Gasteiger partial charge in [0.2, 0.25) is 0 Å². The van der Waals surface area contributed by atoms with Gasteiger partial charge in [0.15, 0.2) is 0 Å². The van der Waals surface area contributed by atoms with E-state index < -0.39 is 5.97 Å². The summed E-state index contributed by atoms with van der Waals surface area (Å²) < 4.78 is 4.93. The number of carboxylic acid groups (broad SMARTS) is 1. The highest BCUT2D eigenvalue weighted by atomic mass is 16.5. The Morgan fingerprint density at radius 2 is 2.27 bits per heavy atom. The molecule has 0 fully saturated rings. The fraction of sp³-hybridized carbons (Fsp3) is 0.273. The third-order valence-electron chi connectivity index (χ3n) is 2.16. The maximum atomic E-state index is 11.0. The lowest BCUT2D eigenvalue weighted by atomic mass is 9.99. The number of aromatic carboxylic acids is 1. The Hall–Kier alpha value is -2.02. The van der Waals surface area contributed by atoms with Crippen molar-refractivity contribution in [1.29, 1.82) is 5.26 Å². The van der Waals surface area contributed by atoms with Crippen molar-refractivity contribution >= 4 is 5.97 Å². The molecule has 1 aromatic carbocycles. The van der Waals surface area contributed by atoms with Gasteiger partial charge in [0.25, 0.3) is 0 Å². The van der Waals surface area contributed by atoms with Crippen molar-refractivity contribution in [3.63, 3.8) is 0 Å². The van der Waals surface area contributed by atoms with Crippen molar-refractivity contribution in [3.05, 3.63) is 28.8 Å². The molecule has 1 aromatic rings. The predicted molar refractivity (Wildman–Crippen MR) is 54.0 cm³/mol. The molecular formula is C11H11NO3. The Bertz CT molecular complexity index is 432. The molecule has 0 atom stereocenters. The molecule has 0 heterocycles. The van der Waals surface area contributed by atoms with Gasteiger partial charge in [0, 0.05) is 0 Å². The van der Waals surface area contributed by atoms with Crippen molar-refractivity contribution in [2.45, 2.75) is 13.3 Å². The molecule has 0 bridgehead atoms. The van der Waals surface area contributed by atoms with E-state index in [4.69, 9.17) is 15.1 Å². The summed E-state index contributed by atoms with van der Waals surface area (Å²) in [4.78, 5) is 11.0. The minimum Gasteiger partial charge on any atom is -0.497 e. The van der Waals surface area contributed by atoms with Crippen LogP contribution in [0, 0.1) is 11.3 Å². The molecule has 0 radical (unpaired) electrons. The molecule has 78 valence electrons. The molecule has 0 saturated heterocycles. The number of benzene rings is 1. The SMILES string of the molecule is CCc1c(C#N)cc(OC)cc1C(=O)O. The van der Waals surface area contributed by atoms with Crippen molar-refractivity contribution in [3.8, 4) is 11.8 Å². The molecule has 1 rings (SSSR count). The van der Waals surface area contributed by atoms with Crippen molar-refractivity contribution in [2.24, 2.45) is 0 Å². The quantitative estimate of drug-likeness (QED) is 0.817. The predicted octanol–water partition coefficient (Wildman–Crippen LogP) is 1.83. The topological polar surface area (TPSA) is 70.3 Å². The summed E-state index contributed by atoms with van der Waals surface area (Å²) in [6.45, 7) is 1.81. The minimum atomic E-state index is -1.04. The van der Waals surface area contributed by atoms with Crippen molar-refractivity contribution in [2.75, 3.05) is 7.11 Å². The van der Waals surface area contributed by atoms with Crippen molar-refractivity contribution in [1.82, 2.24) is 0 Å². The summed E-state index contributed by atoms with van der Waals surface area (Å²) in [5.74, 6) is -0.650. The highest BCUT2D eigenvalue weighted by Gasteiger charge is 2.14. The summed E-state index contributed by atoms with van der Waals surface area (Å²) >= 11 is 0. The molecule has 4 heteroatoms. The molecule has 0 aromatic heterocycles. The van der Waals surface area contributed by atoms with Gasteiger partial charge in [0.05, 0.1) is 24.3 Å². The maximum absolute atomic E-state index is 11.0. The molecular weight excluding hydrogens is 194 g/mol. The Morgan fingerprint density at radius 1 is 1.60 bits per heavy atom. The van der Waals surface area contributed by atoms with Gasteiger partial charge in [-0.25, -0.2) is 4.79 Å². The number of methoxy groups -OCH3 is 1. The number of carbonyl (C=O) groups is 1. The van der Waals surface area contributed by atoms with Crippen LogP contribution >= 0.6 is 0 Å². The van der Waals surface area contributed by atoms with E-state index in [2.05, 4.69) is 0 Å². The van der Waals surface area contributed by atoms with Crippen LogP contribution in [0.2, 0.25) is 0 Å². The highest BCUT2D eigenvalue weighted by Crippen LogP contribution is 2.22. The zero-order valence-corrected chi connectivity index (χ0v) is 8.57. The van der Waals surface area contributed by atoms with Gasteiger partial charge in [-0.3, -0.25) is 0 Å². The Balaban J connectivity index is 3.48. The molecule has 0 spiro atoms. The standard InChI is InChI=1S/C11H11NO3/c1-3-9-7(6-12)4-8(15-2)5-10(9)11(13)14/h4-5H,3H2,1-2H3,(H,13,14). The molecule has 15 heavy (non-hydrogen) atoms. The first-order valence-corrected chi connectivity index (χ1v) is 4.48. The molecule has 0 saturated carbocycles. The Kier molecular flexibility index (Phi) is 3.29. The average molecular weight is 205 g/mol. The van der Waals surface area contributed by atoms with E-state index in [0.29, 0.717) is 23.3 Å². The number of nitriles is 1. The van der Waals surface area contributed by atoms with Crippen LogP contribution in [-0.4, -0.2) is 18.2 Å². The first-order valence-electron chi connectivity index (χ1n) is 4.48. The third kappa shape index (κ3) is 2.08. The first-order chi connectivity index (χ1) is 7.13. The number of nitrogens with zero attached hydrogens (tertiary/aromatic N) is 1. The lowest BCUT2D eigenvalue weighted by molar-refractivity contribution is 0.0695. The summed E-state index contributed by atoms with van der Waals surface area (Å²) in [6.07, 6.45) is 0.508. The molecule has 0 aliphatic carbocycles. The molecule has 0 unspecified atom stereocenters. The van der Waals surface area contributed by atoms with Gasteiger partial charge in [0.1, 0.15) is 5.75 Å². The molecule has 1 N–H and O–H groups in total. The van der Waals surface area contributed by atoms with Crippen LogP contribution in [0.3, 0.4) is 0 Å². The number of carboxylic acids is 1. The molecule has 0 aliphatic rings. The van der Waals surface area contributed by atoms with Gasteiger partial charge in [-0.1, -0.05) is 6.92 Å². The van der Waals surface area contributed by atoms with Crippen molar-refractivity contribution < 1.29 is 14.6 Å². The molecule has 0 aliphatic heterocycles. The smallest absolute Gasteiger partial charge is 0.336 e. The van der Waals surface area contributed by atoms with Gasteiger partial charge in [-0.15, -0.1) is 0 Å². The van der Waals surface area contributed by atoms with E-state index in [1.54, 1.807) is 6.07 Å². The van der Waals surface area contributed by atoms with Gasteiger partial charge in [-0.2, -0.15) is 5.26 Å². The number of hydrogen-bond donors (Lipinski definition) is 1. The van der Waals surface area contributed by atoms with Gasteiger partial charge >= 0.3 is 5.97 Å². The number of rotatable bonds is 3. The summed E-state index contributed by atoms with van der Waals surface area (Å²) in [7, 11) is 1.44. The average Bonchev–Trinajstić information content (AvgIpc) is 2.26. The summed E-state index contributed by atoms with van der Waals surface area (Å²) in [5.41, 5.74) is 1.04.